The lowest BCUT2D eigenvalue weighted by molar-refractivity contribution is -0.122. The van der Waals surface area contributed by atoms with E-state index in [1.54, 1.807) is 19.1 Å². The lowest BCUT2D eigenvalue weighted by Gasteiger charge is -2.19. The lowest BCUT2D eigenvalue weighted by atomic mass is 9.92. The number of rotatable bonds is 4. The standard InChI is InChI=1S/C19H20ClNO2/c1-13(19(22)21-18-9-5-4-8-17(18)20)23-16-11-10-14-6-2-3-7-15(14)12-16/h4-5,8-13H,2-3,6-7H2,1H3,(H,21,22)/t13-/m0/s1. The van der Waals surface area contributed by atoms with E-state index in [9.17, 15) is 4.79 Å². The second kappa shape index (κ2) is 7.05. The van der Waals surface area contributed by atoms with Crippen LogP contribution in [0.3, 0.4) is 0 Å². The highest BCUT2D eigenvalue weighted by atomic mass is 35.5. The summed E-state index contributed by atoms with van der Waals surface area (Å²) in [6, 6.07) is 13.3. The third-order valence-electron chi connectivity index (χ3n) is 4.13. The van der Waals surface area contributed by atoms with Gasteiger partial charge in [-0.3, -0.25) is 4.79 Å². The Kier molecular flexibility index (Phi) is 4.87. The van der Waals surface area contributed by atoms with Crippen LogP contribution in [0.1, 0.15) is 30.9 Å². The molecule has 0 saturated carbocycles. The van der Waals surface area contributed by atoms with Crippen molar-refractivity contribution in [2.45, 2.75) is 38.7 Å². The molecule has 1 amide bonds. The smallest absolute Gasteiger partial charge is 0.265 e. The molecule has 120 valence electrons. The van der Waals surface area contributed by atoms with Crippen LogP contribution in [-0.2, 0) is 17.6 Å². The molecular formula is C19H20ClNO2. The van der Waals surface area contributed by atoms with Gasteiger partial charge in [0.1, 0.15) is 5.75 Å². The summed E-state index contributed by atoms with van der Waals surface area (Å²) in [5.41, 5.74) is 3.34. The summed E-state index contributed by atoms with van der Waals surface area (Å²) in [4.78, 5) is 12.3. The summed E-state index contributed by atoms with van der Waals surface area (Å²) >= 11 is 6.06. The Morgan fingerprint density at radius 3 is 2.65 bits per heavy atom. The van der Waals surface area contributed by atoms with Crippen LogP contribution < -0.4 is 10.1 Å². The normalized spacial score (nSPS) is 14.7. The molecule has 4 heteroatoms. The van der Waals surface area contributed by atoms with E-state index in [1.165, 1.54) is 24.0 Å². The number of hydrogen-bond donors (Lipinski definition) is 1. The molecule has 0 saturated heterocycles. The average molecular weight is 330 g/mol. The van der Waals surface area contributed by atoms with Gasteiger partial charge in [0.25, 0.3) is 5.91 Å². The minimum Gasteiger partial charge on any atom is -0.481 e. The Balaban J connectivity index is 1.65. The van der Waals surface area contributed by atoms with Crippen LogP contribution in [0, 0.1) is 0 Å². The van der Waals surface area contributed by atoms with Gasteiger partial charge in [-0.15, -0.1) is 0 Å². The van der Waals surface area contributed by atoms with Gasteiger partial charge in [0, 0.05) is 0 Å². The van der Waals surface area contributed by atoms with Crippen molar-refractivity contribution in [2.24, 2.45) is 0 Å². The number of ether oxygens (including phenoxy) is 1. The topological polar surface area (TPSA) is 38.3 Å². The van der Waals surface area contributed by atoms with Crippen LogP contribution in [0.2, 0.25) is 5.02 Å². The van der Waals surface area contributed by atoms with Crippen LogP contribution >= 0.6 is 11.6 Å². The number of nitrogens with one attached hydrogen (secondary N) is 1. The van der Waals surface area contributed by atoms with Crippen LogP contribution in [0.25, 0.3) is 0 Å². The van der Waals surface area contributed by atoms with E-state index >= 15 is 0 Å². The number of amides is 1. The van der Waals surface area contributed by atoms with Crippen molar-refractivity contribution in [3.05, 3.63) is 58.6 Å². The minimum atomic E-state index is -0.590. The van der Waals surface area contributed by atoms with E-state index in [1.807, 2.05) is 18.2 Å². The Labute approximate surface area is 141 Å². The number of hydrogen-bond acceptors (Lipinski definition) is 2. The van der Waals surface area contributed by atoms with Crippen molar-refractivity contribution >= 4 is 23.2 Å². The maximum Gasteiger partial charge on any atom is 0.265 e. The fourth-order valence-electron chi connectivity index (χ4n) is 2.84. The zero-order valence-electron chi connectivity index (χ0n) is 13.1. The molecule has 0 radical (unpaired) electrons. The first-order chi connectivity index (χ1) is 11.1. The molecule has 2 aromatic rings. The molecule has 0 unspecified atom stereocenters. The van der Waals surface area contributed by atoms with Crippen LogP contribution in [-0.4, -0.2) is 12.0 Å². The van der Waals surface area contributed by atoms with Crippen LogP contribution in [0.5, 0.6) is 5.75 Å². The molecule has 2 aromatic carbocycles. The van der Waals surface area contributed by atoms with Gasteiger partial charge in [0.15, 0.2) is 6.10 Å². The quantitative estimate of drug-likeness (QED) is 0.888. The van der Waals surface area contributed by atoms with Gasteiger partial charge >= 0.3 is 0 Å². The van der Waals surface area contributed by atoms with Gasteiger partial charge < -0.3 is 10.1 Å². The third kappa shape index (κ3) is 3.85. The first-order valence-electron chi connectivity index (χ1n) is 7.97. The SMILES string of the molecule is C[C@H](Oc1ccc2c(c1)CCCC2)C(=O)Nc1ccccc1Cl. The number of benzene rings is 2. The maximum absolute atomic E-state index is 12.3. The molecule has 1 N–H and O–H groups in total. The Bertz CT molecular complexity index is 714. The Morgan fingerprint density at radius 1 is 1.13 bits per heavy atom. The number of fused-ring (bicyclic) bond motifs is 1. The molecule has 3 nitrogen and oxygen atoms in total. The molecule has 1 aliphatic carbocycles. The number of anilines is 1. The summed E-state index contributed by atoms with van der Waals surface area (Å²) < 4.78 is 5.80. The first kappa shape index (κ1) is 15.9. The maximum atomic E-state index is 12.3. The van der Waals surface area contributed by atoms with E-state index in [2.05, 4.69) is 17.4 Å². The second-order valence-corrected chi connectivity index (χ2v) is 6.27. The van der Waals surface area contributed by atoms with Gasteiger partial charge in [-0.2, -0.15) is 0 Å². The number of para-hydroxylation sites is 1. The molecule has 3 rings (SSSR count). The van der Waals surface area contributed by atoms with Gasteiger partial charge in [-0.1, -0.05) is 29.8 Å². The van der Waals surface area contributed by atoms with Gasteiger partial charge in [-0.25, -0.2) is 0 Å². The zero-order valence-corrected chi connectivity index (χ0v) is 13.9. The van der Waals surface area contributed by atoms with Crippen molar-refractivity contribution in [3.8, 4) is 5.75 Å². The Hall–Kier alpha value is -2.00. The average Bonchev–Trinajstić information content (AvgIpc) is 2.56. The molecule has 0 heterocycles. The van der Waals surface area contributed by atoms with E-state index < -0.39 is 6.10 Å². The van der Waals surface area contributed by atoms with Crippen LogP contribution in [0.4, 0.5) is 5.69 Å². The van der Waals surface area contributed by atoms with Gasteiger partial charge in [0.05, 0.1) is 10.7 Å². The fraction of sp³-hybridized carbons (Fsp3) is 0.316. The number of carbonyl (C=O) groups is 1. The largest absolute Gasteiger partial charge is 0.481 e. The van der Waals surface area contributed by atoms with E-state index in [4.69, 9.17) is 16.3 Å². The number of halogens is 1. The highest BCUT2D eigenvalue weighted by Gasteiger charge is 2.17. The molecule has 0 spiro atoms. The summed E-state index contributed by atoms with van der Waals surface area (Å²) in [7, 11) is 0. The van der Waals surface area contributed by atoms with Crippen molar-refractivity contribution in [3.63, 3.8) is 0 Å². The predicted molar refractivity (Wildman–Crippen MR) is 93.3 cm³/mol. The molecule has 0 fully saturated rings. The molecule has 0 bridgehead atoms. The molecular weight excluding hydrogens is 310 g/mol. The third-order valence-corrected chi connectivity index (χ3v) is 4.46. The van der Waals surface area contributed by atoms with E-state index in [0.29, 0.717) is 10.7 Å². The summed E-state index contributed by atoms with van der Waals surface area (Å²) in [5, 5.41) is 3.31. The van der Waals surface area contributed by atoms with E-state index in [0.717, 1.165) is 18.6 Å². The monoisotopic (exact) mass is 329 g/mol. The van der Waals surface area contributed by atoms with Crippen molar-refractivity contribution in [1.29, 1.82) is 0 Å². The molecule has 0 aromatic heterocycles. The van der Waals surface area contributed by atoms with Crippen LogP contribution in [0.15, 0.2) is 42.5 Å². The zero-order chi connectivity index (χ0) is 16.2. The molecule has 1 atom stereocenters. The highest BCUT2D eigenvalue weighted by Crippen LogP contribution is 2.26. The lowest BCUT2D eigenvalue weighted by Crippen LogP contribution is -2.30. The highest BCUT2D eigenvalue weighted by molar-refractivity contribution is 6.33. The summed E-state index contributed by atoms with van der Waals surface area (Å²) in [6.45, 7) is 1.74. The van der Waals surface area contributed by atoms with Crippen molar-refractivity contribution < 1.29 is 9.53 Å². The van der Waals surface area contributed by atoms with Crippen molar-refractivity contribution in [1.82, 2.24) is 0 Å². The molecule has 23 heavy (non-hydrogen) atoms. The van der Waals surface area contributed by atoms with Crippen molar-refractivity contribution in [2.75, 3.05) is 5.32 Å². The predicted octanol–water partition coefficient (Wildman–Crippen LogP) is 4.62. The van der Waals surface area contributed by atoms with Gasteiger partial charge in [0.2, 0.25) is 0 Å². The van der Waals surface area contributed by atoms with Gasteiger partial charge in [-0.05, 0) is 68.0 Å². The van der Waals surface area contributed by atoms with E-state index in [-0.39, 0.29) is 5.91 Å². The molecule has 0 aliphatic heterocycles. The second-order valence-electron chi connectivity index (χ2n) is 5.87. The summed E-state index contributed by atoms with van der Waals surface area (Å²) in [5.74, 6) is 0.531. The number of aryl methyl sites for hydroxylation is 2. The Morgan fingerprint density at radius 2 is 1.87 bits per heavy atom. The number of carbonyl (C=O) groups excluding carboxylic acids is 1. The minimum absolute atomic E-state index is 0.212. The first-order valence-corrected chi connectivity index (χ1v) is 8.35. The summed E-state index contributed by atoms with van der Waals surface area (Å²) in [6.07, 6.45) is 4.11. The fourth-order valence-corrected chi connectivity index (χ4v) is 3.02. The molecule has 1 aliphatic rings.